The van der Waals surface area contributed by atoms with Gasteiger partial charge in [-0.3, -0.25) is 0 Å². The number of benzene rings is 1. The highest BCUT2D eigenvalue weighted by Crippen LogP contribution is 2.40. The fourth-order valence-electron chi connectivity index (χ4n) is 2.26. The van der Waals surface area contributed by atoms with Gasteiger partial charge in [-0.05, 0) is 41.9 Å². The first-order valence-corrected chi connectivity index (χ1v) is 7.75. The summed E-state index contributed by atoms with van der Waals surface area (Å²) >= 11 is 0. The number of hydrogen-bond acceptors (Lipinski definition) is 2. The minimum Gasteiger partial charge on any atom is -0.391 e. The largest absolute Gasteiger partial charge is 0.391 e. The van der Waals surface area contributed by atoms with Gasteiger partial charge in [0.25, 0.3) is 0 Å². The number of hydrogen-bond donors (Lipinski definition) is 3. The van der Waals surface area contributed by atoms with E-state index >= 15 is 0 Å². The van der Waals surface area contributed by atoms with E-state index in [1.165, 1.54) is 12.1 Å². The molecular formula is C17H25FN2O2. The Morgan fingerprint density at radius 2 is 1.91 bits per heavy atom. The van der Waals surface area contributed by atoms with Crippen LogP contribution in [0.3, 0.4) is 0 Å². The molecule has 5 heteroatoms. The second-order valence-electron chi connectivity index (χ2n) is 7.10. The van der Waals surface area contributed by atoms with Crippen molar-refractivity contribution in [2.45, 2.75) is 45.8 Å². The topological polar surface area (TPSA) is 61.4 Å². The summed E-state index contributed by atoms with van der Waals surface area (Å²) in [6.07, 6.45) is 1.52. The van der Waals surface area contributed by atoms with Crippen molar-refractivity contribution in [3.8, 4) is 0 Å². The highest BCUT2D eigenvalue weighted by atomic mass is 19.1. The van der Waals surface area contributed by atoms with E-state index in [2.05, 4.69) is 10.6 Å². The van der Waals surface area contributed by atoms with Crippen LogP contribution in [-0.2, 0) is 0 Å². The molecule has 0 aromatic heterocycles. The third-order valence-corrected chi connectivity index (χ3v) is 4.06. The molecule has 1 aromatic rings. The normalized spacial score (nSPS) is 17.7. The summed E-state index contributed by atoms with van der Waals surface area (Å²) in [4.78, 5) is 12.0. The molecule has 1 aliphatic carbocycles. The minimum atomic E-state index is -0.608. The average Bonchev–Trinajstić information content (AvgIpc) is 3.26. The van der Waals surface area contributed by atoms with Crippen molar-refractivity contribution in [1.29, 1.82) is 0 Å². The highest BCUT2D eigenvalue weighted by molar-refractivity contribution is 5.74. The van der Waals surface area contributed by atoms with E-state index in [1.807, 2.05) is 20.8 Å². The highest BCUT2D eigenvalue weighted by Gasteiger charge is 2.33. The molecule has 1 saturated carbocycles. The third kappa shape index (κ3) is 4.70. The molecule has 2 unspecified atom stereocenters. The van der Waals surface area contributed by atoms with Crippen molar-refractivity contribution >= 4 is 6.03 Å². The lowest BCUT2D eigenvalue weighted by Gasteiger charge is -2.26. The van der Waals surface area contributed by atoms with Crippen molar-refractivity contribution in [2.75, 3.05) is 6.54 Å². The molecule has 0 spiro atoms. The summed E-state index contributed by atoms with van der Waals surface area (Å²) in [5, 5.41) is 15.6. The van der Waals surface area contributed by atoms with Crippen LogP contribution in [-0.4, -0.2) is 23.8 Å². The lowest BCUT2D eigenvalue weighted by molar-refractivity contribution is 0.0648. The molecule has 1 fully saturated rings. The van der Waals surface area contributed by atoms with Gasteiger partial charge in [0, 0.05) is 6.54 Å². The first kappa shape index (κ1) is 16.7. The SMILES string of the molecule is CC(C)(C)C(O)CNC(=O)NC(c1ccc(F)cc1)C1CC1. The Balaban J connectivity index is 1.91. The van der Waals surface area contributed by atoms with Gasteiger partial charge in [0.05, 0.1) is 12.1 Å². The molecule has 122 valence electrons. The van der Waals surface area contributed by atoms with Gasteiger partial charge in [-0.25, -0.2) is 9.18 Å². The van der Waals surface area contributed by atoms with Crippen LogP contribution in [0.2, 0.25) is 0 Å². The zero-order chi connectivity index (χ0) is 16.3. The molecule has 2 atom stereocenters. The van der Waals surface area contributed by atoms with E-state index in [9.17, 15) is 14.3 Å². The standard InChI is InChI=1S/C17H25FN2O2/c1-17(2,3)14(21)10-19-16(22)20-15(11-4-5-11)12-6-8-13(18)9-7-12/h6-9,11,14-15,21H,4-5,10H2,1-3H3,(H2,19,20,22). The molecule has 0 saturated heterocycles. The molecule has 0 bridgehead atoms. The molecule has 0 aliphatic heterocycles. The molecule has 22 heavy (non-hydrogen) atoms. The Kier molecular flexibility index (Phi) is 5.06. The quantitative estimate of drug-likeness (QED) is 0.783. The van der Waals surface area contributed by atoms with E-state index in [4.69, 9.17) is 0 Å². The number of aliphatic hydroxyl groups is 1. The molecule has 4 nitrogen and oxygen atoms in total. The molecule has 0 heterocycles. The van der Waals surface area contributed by atoms with Crippen LogP contribution in [0.25, 0.3) is 0 Å². The van der Waals surface area contributed by atoms with Crippen molar-refractivity contribution in [1.82, 2.24) is 10.6 Å². The average molecular weight is 308 g/mol. The minimum absolute atomic E-state index is 0.104. The number of aliphatic hydroxyl groups excluding tert-OH is 1. The zero-order valence-electron chi connectivity index (χ0n) is 13.4. The Morgan fingerprint density at radius 1 is 1.32 bits per heavy atom. The molecule has 3 N–H and O–H groups in total. The van der Waals surface area contributed by atoms with Crippen LogP contribution in [0.1, 0.15) is 45.2 Å². The fourth-order valence-corrected chi connectivity index (χ4v) is 2.26. The molecule has 2 rings (SSSR count). The van der Waals surface area contributed by atoms with Crippen molar-refractivity contribution in [2.24, 2.45) is 11.3 Å². The number of halogens is 1. The summed E-state index contributed by atoms with van der Waals surface area (Å²) in [7, 11) is 0. The van der Waals surface area contributed by atoms with Crippen LogP contribution in [0.4, 0.5) is 9.18 Å². The van der Waals surface area contributed by atoms with Gasteiger partial charge in [-0.1, -0.05) is 32.9 Å². The van der Waals surface area contributed by atoms with E-state index in [-0.39, 0.29) is 29.8 Å². The van der Waals surface area contributed by atoms with Crippen LogP contribution in [0.5, 0.6) is 0 Å². The Bertz CT molecular complexity index is 506. The number of carbonyl (C=O) groups is 1. The molecule has 1 aromatic carbocycles. The molecule has 0 radical (unpaired) electrons. The first-order chi connectivity index (χ1) is 10.3. The number of carbonyl (C=O) groups excluding carboxylic acids is 1. The van der Waals surface area contributed by atoms with E-state index in [0.717, 1.165) is 18.4 Å². The maximum absolute atomic E-state index is 13.0. The van der Waals surface area contributed by atoms with Gasteiger partial charge < -0.3 is 15.7 Å². The maximum atomic E-state index is 13.0. The molecular weight excluding hydrogens is 283 g/mol. The van der Waals surface area contributed by atoms with E-state index in [0.29, 0.717) is 5.92 Å². The smallest absolute Gasteiger partial charge is 0.315 e. The van der Waals surface area contributed by atoms with Crippen molar-refractivity contribution in [3.63, 3.8) is 0 Å². The van der Waals surface area contributed by atoms with Gasteiger partial charge in [0.15, 0.2) is 0 Å². The number of amides is 2. The summed E-state index contributed by atoms with van der Waals surface area (Å²) in [5.41, 5.74) is 0.635. The van der Waals surface area contributed by atoms with Crippen LogP contribution in [0.15, 0.2) is 24.3 Å². The first-order valence-electron chi connectivity index (χ1n) is 7.75. The van der Waals surface area contributed by atoms with Gasteiger partial charge >= 0.3 is 6.03 Å². The predicted octanol–water partition coefficient (Wildman–Crippen LogP) is 2.98. The summed E-state index contributed by atoms with van der Waals surface area (Å²) in [6.45, 7) is 5.96. The second kappa shape index (κ2) is 6.65. The lowest BCUT2D eigenvalue weighted by atomic mass is 9.89. The van der Waals surface area contributed by atoms with Crippen LogP contribution < -0.4 is 10.6 Å². The number of nitrogens with one attached hydrogen (secondary N) is 2. The van der Waals surface area contributed by atoms with E-state index < -0.39 is 6.10 Å². The van der Waals surface area contributed by atoms with Crippen LogP contribution in [0, 0.1) is 17.2 Å². The third-order valence-electron chi connectivity index (χ3n) is 4.06. The zero-order valence-corrected chi connectivity index (χ0v) is 13.4. The lowest BCUT2D eigenvalue weighted by Crippen LogP contribution is -2.44. The summed E-state index contributed by atoms with van der Waals surface area (Å²) < 4.78 is 13.0. The Morgan fingerprint density at radius 3 is 2.41 bits per heavy atom. The molecule has 1 aliphatic rings. The predicted molar refractivity (Wildman–Crippen MR) is 83.9 cm³/mol. The fraction of sp³-hybridized carbons (Fsp3) is 0.588. The second-order valence-corrected chi connectivity index (χ2v) is 7.10. The van der Waals surface area contributed by atoms with Crippen molar-refractivity contribution < 1.29 is 14.3 Å². The Hall–Kier alpha value is -1.62. The van der Waals surface area contributed by atoms with Gasteiger partial charge in [0.2, 0.25) is 0 Å². The van der Waals surface area contributed by atoms with Crippen LogP contribution >= 0.6 is 0 Å². The number of rotatable bonds is 5. The van der Waals surface area contributed by atoms with Crippen molar-refractivity contribution in [3.05, 3.63) is 35.6 Å². The maximum Gasteiger partial charge on any atom is 0.315 e. The summed E-state index contributed by atoms with van der Waals surface area (Å²) in [6, 6.07) is 5.84. The van der Waals surface area contributed by atoms with Gasteiger partial charge in [-0.2, -0.15) is 0 Å². The monoisotopic (exact) mass is 308 g/mol. The number of urea groups is 1. The van der Waals surface area contributed by atoms with Gasteiger partial charge in [-0.15, -0.1) is 0 Å². The van der Waals surface area contributed by atoms with Gasteiger partial charge in [0.1, 0.15) is 5.82 Å². The Labute approximate surface area is 131 Å². The molecule has 2 amide bonds. The summed E-state index contributed by atoms with van der Waals surface area (Å²) in [5.74, 6) is 0.125. The van der Waals surface area contributed by atoms with E-state index in [1.54, 1.807) is 12.1 Å².